The molecule has 0 N–H and O–H groups in total. The maximum atomic E-state index is 12.0. The smallest absolute Gasteiger partial charge is 0.263 e. The Labute approximate surface area is 67.6 Å². The monoisotopic (exact) mass is 173 g/mol. The summed E-state index contributed by atoms with van der Waals surface area (Å²) < 4.78 is 36.1. The van der Waals surface area contributed by atoms with E-state index in [0.717, 1.165) is 12.3 Å². The summed E-state index contributed by atoms with van der Waals surface area (Å²) in [6, 6.07) is 1.00. The number of halogens is 3. The minimum Gasteiger partial charge on any atom is -0.263 e. The second-order valence-corrected chi connectivity index (χ2v) is 2.21. The fourth-order valence-electron chi connectivity index (χ4n) is 0.724. The molecule has 0 saturated carbocycles. The Morgan fingerprint density at radius 3 is 2.50 bits per heavy atom. The van der Waals surface area contributed by atoms with Gasteiger partial charge in [-0.05, 0) is 11.6 Å². The van der Waals surface area contributed by atoms with Crippen molar-refractivity contribution < 1.29 is 13.2 Å². The molecule has 0 unspecified atom stereocenters. The second-order valence-electron chi connectivity index (χ2n) is 2.21. The molecular weight excluding hydrogens is 167 g/mol. The molecule has 0 amide bonds. The standard InChI is InChI=1S/C8H6F3N/c1-2-6-3-7(5-12-4-6)8(9,10)11/h2-5H,1H2. The Morgan fingerprint density at radius 2 is 2.00 bits per heavy atom. The van der Waals surface area contributed by atoms with Crippen LogP contribution in [0.2, 0.25) is 0 Å². The molecule has 0 aliphatic carbocycles. The van der Waals surface area contributed by atoms with Crippen LogP contribution < -0.4 is 0 Å². The van der Waals surface area contributed by atoms with Gasteiger partial charge in [0, 0.05) is 12.4 Å². The van der Waals surface area contributed by atoms with Crippen LogP contribution in [0.4, 0.5) is 13.2 Å². The predicted octanol–water partition coefficient (Wildman–Crippen LogP) is 2.74. The van der Waals surface area contributed by atoms with Gasteiger partial charge in [-0.2, -0.15) is 13.2 Å². The second kappa shape index (κ2) is 2.97. The highest BCUT2D eigenvalue weighted by molar-refractivity contribution is 5.46. The third-order valence-electron chi connectivity index (χ3n) is 1.32. The van der Waals surface area contributed by atoms with Gasteiger partial charge in [0.1, 0.15) is 0 Å². The zero-order valence-corrected chi connectivity index (χ0v) is 6.10. The molecule has 12 heavy (non-hydrogen) atoms. The van der Waals surface area contributed by atoms with E-state index < -0.39 is 11.7 Å². The first kappa shape index (κ1) is 8.77. The first-order chi connectivity index (χ1) is 5.54. The lowest BCUT2D eigenvalue weighted by Gasteiger charge is -2.05. The summed E-state index contributed by atoms with van der Waals surface area (Å²) in [7, 11) is 0. The average Bonchev–Trinajstić information content (AvgIpc) is 2.03. The van der Waals surface area contributed by atoms with E-state index in [1.54, 1.807) is 0 Å². The van der Waals surface area contributed by atoms with Crippen molar-refractivity contribution in [3.63, 3.8) is 0 Å². The summed E-state index contributed by atoms with van der Waals surface area (Å²) in [6.07, 6.45) is -0.899. The van der Waals surface area contributed by atoms with E-state index in [1.165, 1.54) is 12.3 Å². The Kier molecular flexibility index (Phi) is 2.17. The van der Waals surface area contributed by atoms with Gasteiger partial charge in [-0.3, -0.25) is 4.98 Å². The van der Waals surface area contributed by atoms with Crippen LogP contribution in [-0.2, 0) is 6.18 Å². The molecule has 4 heteroatoms. The van der Waals surface area contributed by atoms with Gasteiger partial charge in [0.2, 0.25) is 0 Å². The molecule has 0 aliphatic rings. The van der Waals surface area contributed by atoms with Crippen LogP contribution in [0.1, 0.15) is 11.1 Å². The van der Waals surface area contributed by atoms with Crippen molar-refractivity contribution in [2.45, 2.75) is 6.18 Å². The number of rotatable bonds is 1. The van der Waals surface area contributed by atoms with Crippen molar-refractivity contribution >= 4 is 6.08 Å². The van der Waals surface area contributed by atoms with Crippen LogP contribution in [0, 0.1) is 0 Å². The highest BCUT2D eigenvalue weighted by Gasteiger charge is 2.30. The molecule has 0 radical (unpaired) electrons. The van der Waals surface area contributed by atoms with Crippen LogP contribution in [0.5, 0.6) is 0 Å². The number of hydrogen-bond acceptors (Lipinski definition) is 1. The third-order valence-corrected chi connectivity index (χ3v) is 1.32. The minimum absolute atomic E-state index is 0.366. The van der Waals surface area contributed by atoms with Gasteiger partial charge >= 0.3 is 6.18 Å². The fraction of sp³-hybridized carbons (Fsp3) is 0.125. The van der Waals surface area contributed by atoms with Crippen molar-refractivity contribution in [3.8, 4) is 0 Å². The summed E-state index contributed by atoms with van der Waals surface area (Å²) >= 11 is 0. The first-order valence-corrected chi connectivity index (χ1v) is 3.18. The zero-order valence-electron chi connectivity index (χ0n) is 6.10. The third kappa shape index (κ3) is 1.84. The van der Waals surface area contributed by atoms with Gasteiger partial charge < -0.3 is 0 Å². The molecule has 0 spiro atoms. The van der Waals surface area contributed by atoms with Crippen molar-refractivity contribution in [2.75, 3.05) is 0 Å². The number of alkyl halides is 3. The van der Waals surface area contributed by atoms with E-state index in [4.69, 9.17) is 0 Å². The van der Waals surface area contributed by atoms with Crippen molar-refractivity contribution in [3.05, 3.63) is 36.2 Å². The summed E-state index contributed by atoms with van der Waals surface area (Å²) in [5, 5.41) is 0. The molecule has 1 rings (SSSR count). The molecule has 0 saturated heterocycles. The molecule has 64 valence electrons. The Balaban J connectivity index is 3.10. The molecule has 1 aromatic heterocycles. The molecule has 0 atom stereocenters. The largest absolute Gasteiger partial charge is 0.417 e. The lowest BCUT2D eigenvalue weighted by Crippen LogP contribution is -2.05. The van der Waals surface area contributed by atoms with Gasteiger partial charge in [0.25, 0.3) is 0 Å². The van der Waals surface area contributed by atoms with E-state index in [1.807, 2.05) is 0 Å². The Bertz CT molecular complexity index is 291. The number of nitrogens with zero attached hydrogens (tertiary/aromatic N) is 1. The normalized spacial score (nSPS) is 11.2. The summed E-state index contributed by atoms with van der Waals surface area (Å²) in [5.41, 5.74) is -0.385. The van der Waals surface area contributed by atoms with E-state index in [2.05, 4.69) is 11.6 Å². The summed E-state index contributed by atoms with van der Waals surface area (Å²) in [5.74, 6) is 0. The predicted molar refractivity (Wildman–Crippen MR) is 39.3 cm³/mol. The SMILES string of the molecule is C=Cc1cncc(C(F)(F)F)c1. The van der Waals surface area contributed by atoms with Gasteiger partial charge in [-0.15, -0.1) is 0 Å². The van der Waals surface area contributed by atoms with Crippen LogP contribution in [0.3, 0.4) is 0 Å². The number of pyridine rings is 1. The van der Waals surface area contributed by atoms with Crippen molar-refractivity contribution in [1.82, 2.24) is 4.98 Å². The summed E-state index contributed by atoms with van der Waals surface area (Å²) in [6.45, 7) is 3.35. The van der Waals surface area contributed by atoms with Gasteiger partial charge in [0.15, 0.2) is 0 Å². The maximum absolute atomic E-state index is 12.0. The molecule has 0 aliphatic heterocycles. The lowest BCUT2D eigenvalue weighted by atomic mass is 10.2. The van der Waals surface area contributed by atoms with Crippen LogP contribution >= 0.6 is 0 Å². The van der Waals surface area contributed by atoms with Gasteiger partial charge in [-0.25, -0.2) is 0 Å². The molecular formula is C8H6F3N. The Hall–Kier alpha value is -1.32. The highest BCUT2D eigenvalue weighted by atomic mass is 19.4. The molecule has 0 fully saturated rings. The van der Waals surface area contributed by atoms with Crippen LogP contribution in [0.15, 0.2) is 25.0 Å². The molecule has 0 bridgehead atoms. The molecule has 0 aromatic carbocycles. The van der Waals surface area contributed by atoms with Crippen molar-refractivity contribution in [1.29, 1.82) is 0 Å². The molecule has 1 aromatic rings. The number of aromatic nitrogens is 1. The van der Waals surface area contributed by atoms with Crippen LogP contribution in [0.25, 0.3) is 6.08 Å². The minimum atomic E-state index is -4.33. The van der Waals surface area contributed by atoms with Gasteiger partial charge in [-0.1, -0.05) is 12.7 Å². The highest BCUT2D eigenvalue weighted by Crippen LogP contribution is 2.28. The van der Waals surface area contributed by atoms with E-state index in [9.17, 15) is 13.2 Å². The zero-order chi connectivity index (χ0) is 9.19. The topological polar surface area (TPSA) is 12.9 Å². The van der Waals surface area contributed by atoms with Crippen LogP contribution in [-0.4, -0.2) is 4.98 Å². The number of hydrogen-bond donors (Lipinski definition) is 0. The lowest BCUT2D eigenvalue weighted by molar-refractivity contribution is -0.137. The fourth-order valence-corrected chi connectivity index (χ4v) is 0.724. The molecule has 1 nitrogen and oxygen atoms in total. The van der Waals surface area contributed by atoms with E-state index in [0.29, 0.717) is 5.56 Å². The van der Waals surface area contributed by atoms with Gasteiger partial charge in [0.05, 0.1) is 5.56 Å². The van der Waals surface area contributed by atoms with E-state index in [-0.39, 0.29) is 0 Å². The van der Waals surface area contributed by atoms with E-state index >= 15 is 0 Å². The summed E-state index contributed by atoms with van der Waals surface area (Å²) in [4.78, 5) is 3.43. The first-order valence-electron chi connectivity index (χ1n) is 3.18. The maximum Gasteiger partial charge on any atom is 0.417 e. The average molecular weight is 173 g/mol. The van der Waals surface area contributed by atoms with Crippen molar-refractivity contribution in [2.24, 2.45) is 0 Å². The Morgan fingerprint density at radius 1 is 1.33 bits per heavy atom. The molecule has 1 heterocycles. The quantitative estimate of drug-likeness (QED) is 0.636.